The summed E-state index contributed by atoms with van der Waals surface area (Å²) in [5, 5.41) is 10.2. The summed E-state index contributed by atoms with van der Waals surface area (Å²) in [6.07, 6.45) is 4.06. The number of hydrogen-bond acceptors (Lipinski definition) is 4. The van der Waals surface area contributed by atoms with E-state index in [0.717, 1.165) is 25.7 Å². The molecule has 2 aromatic rings. The van der Waals surface area contributed by atoms with Crippen molar-refractivity contribution < 1.29 is 9.84 Å². The molecule has 0 amide bonds. The van der Waals surface area contributed by atoms with Gasteiger partial charge in [0.15, 0.2) is 0 Å². The third-order valence-electron chi connectivity index (χ3n) is 4.06. The number of hydrogen-bond donors (Lipinski definition) is 2. The van der Waals surface area contributed by atoms with Gasteiger partial charge < -0.3 is 14.8 Å². The largest absolute Gasteiger partial charge is 0.496 e. The van der Waals surface area contributed by atoms with Crippen LogP contribution >= 0.6 is 0 Å². The standard InChI is InChI=1S/C16H18N2O3/c1-21-12-9-5-4-8-11(12)14-17-15(19)13(16(20)18-14)10-6-2-3-7-10/h4-5,8-10H,2-3,6-7H2,1H3,(H2,17,18,19,20). The van der Waals surface area contributed by atoms with E-state index in [-0.39, 0.29) is 17.4 Å². The molecule has 0 bridgehead atoms. The predicted octanol–water partition coefficient (Wildman–Crippen LogP) is 2.81. The van der Waals surface area contributed by atoms with Gasteiger partial charge in [0.25, 0.3) is 5.56 Å². The van der Waals surface area contributed by atoms with Crippen molar-refractivity contribution in [2.75, 3.05) is 7.11 Å². The van der Waals surface area contributed by atoms with Crippen LogP contribution in [0.3, 0.4) is 0 Å². The van der Waals surface area contributed by atoms with Gasteiger partial charge in [-0.25, -0.2) is 0 Å². The molecule has 5 heteroatoms. The summed E-state index contributed by atoms with van der Waals surface area (Å²) < 4.78 is 5.27. The molecular formula is C16H18N2O3. The number of nitrogens with zero attached hydrogens (tertiary/aromatic N) is 1. The van der Waals surface area contributed by atoms with Gasteiger partial charge in [-0.3, -0.25) is 4.79 Å². The number of rotatable bonds is 3. The minimum Gasteiger partial charge on any atom is -0.496 e. The molecule has 0 spiro atoms. The monoisotopic (exact) mass is 286 g/mol. The second kappa shape index (κ2) is 5.60. The van der Waals surface area contributed by atoms with Gasteiger partial charge in [0, 0.05) is 0 Å². The molecule has 2 N–H and O–H groups in total. The Balaban J connectivity index is 2.08. The number of aromatic nitrogens is 2. The topological polar surface area (TPSA) is 75.2 Å². The molecule has 1 aromatic heterocycles. The van der Waals surface area contributed by atoms with Gasteiger partial charge >= 0.3 is 0 Å². The first-order valence-electron chi connectivity index (χ1n) is 7.17. The summed E-state index contributed by atoms with van der Waals surface area (Å²) >= 11 is 0. The quantitative estimate of drug-likeness (QED) is 0.909. The number of nitrogens with one attached hydrogen (secondary N) is 1. The lowest BCUT2D eigenvalue weighted by Crippen LogP contribution is -2.17. The molecule has 0 atom stereocenters. The summed E-state index contributed by atoms with van der Waals surface area (Å²) in [5.41, 5.74) is 0.826. The predicted molar refractivity (Wildman–Crippen MR) is 79.7 cm³/mol. The van der Waals surface area contributed by atoms with Crippen molar-refractivity contribution in [1.29, 1.82) is 0 Å². The summed E-state index contributed by atoms with van der Waals surface area (Å²) in [6, 6.07) is 7.26. The molecule has 1 heterocycles. The van der Waals surface area contributed by atoms with E-state index in [0.29, 0.717) is 22.7 Å². The van der Waals surface area contributed by atoms with E-state index in [1.807, 2.05) is 12.1 Å². The van der Waals surface area contributed by atoms with Gasteiger partial charge in [-0.2, -0.15) is 4.98 Å². The van der Waals surface area contributed by atoms with Gasteiger partial charge in [0.05, 0.1) is 18.2 Å². The summed E-state index contributed by atoms with van der Waals surface area (Å²) in [4.78, 5) is 19.3. The lowest BCUT2D eigenvalue weighted by Gasteiger charge is -2.12. The van der Waals surface area contributed by atoms with E-state index in [1.54, 1.807) is 19.2 Å². The van der Waals surface area contributed by atoms with Crippen molar-refractivity contribution in [3.8, 4) is 23.0 Å². The van der Waals surface area contributed by atoms with Crippen molar-refractivity contribution in [2.45, 2.75) is 31.6 Å². The summed E-state index contributed by atoms with van der Waals surface area (Å²) in [6.45, 7) is 0. The zero-order chi connectivity index (χ0) is 14.8. The first kappa shape index (κ1) is 13.7. The normalized spacial score (nSPS) is 15.3. The van der Waals surface area contributed by atoms with Crippen LogP contribution in [0.1, 0.15) is 37.2 Å². The number of aromatic hydroxyl groups is 1. The smallest absolute Gasteiger partial charge is 0.258 e. The number of benzene rings is 1. The third-order valence-corrected chi connectivity index (χ3v) is 4.06. The zero-order valence-electron chi connectivity index (χ0n) is 11.9. The van der Waals surface area contributed by atoms with E-state index in [9.17, 15) is 9.90 Å². The lowest BCUT2D eigenvalue weighted by atomic mass is 10.00. The minimum absolute atomic E-state index is 0.118. The van der Waals surface area contributed by atoms with Gasteiger partial charge in [0.2, 0.25) is 5.88 Å². The summed E-state index contributed by atoms with van der Waals surface area (Å²) in [7, 11) is 1.56. The number of ether oxygens (including phenoxy) is 1. The Labute approximate surface area is 122 Å². The van der Waals surface area contributed by atoms with Crippen LogP contribution in [0.2, 0.25) is 0 Å². The molecule has 0 radical (unpaired) electrons. The molecule has 0 aliphatic heterocycles. The molecule has 110 valence electrons. The van der Waals surface area contributed by atoms with Crippen LogP contribution in [0.15, 0.2) is 29.1 Å². The SMILES string of the molecule is COc1ccccc1-c1nc(O)c(C2CCCC2)c(=O)[nH]1. The van der Waals surface area contributed by atoms with Crippen molar-refractivity contribution in [3.63, 3.8) is 0 Å². The van der Waals surface area contributed by atoms with Crippen molar-refractivity contribution >= 4 is 0 Å². The lowest BCUT2D eigenvalue weighted by molar-refractivity contribution is 0.415. The van der Waals surface area contributed by atoms with Crippen molar-refractivity contribution in [1.82, 2.24) is 9.97 Å². The fourth-order valence-electron chi connectivity index (χ4n) is 3.02. The molecule has 0 saturated heterocycles. The minimum atomic E-state index is -0.254. The fraction of sp³-hybridized carbons (Fsp3) is 0.375. The average Bonchev–Trinajstić information content (AvgIpc) is 3.00. The second-order valence-corrected chi connectivity index (χ2v) is 5.33. The maximum absolute atomic E-state index is 12.3. The third kappa shape index (κ3) is 2.51. The van der Waals surface area contributed by atoms with Crippen LogP contribution in [0.25, 0.3) is 11.4 Å². The Kier molecular flexibility index (Phi) is 3.64. The number of H-pyrrole nitrogens is 1. The van der Waals surface area contributed by atoms with E-state index in [2.05, 4.69) is 9.97 Å². The molecule has 1 aliphatic rings. The van der Waals surface area contributed by atoms with E-state index >= 15 is 0 Å². The Bertz CT molecular complexity index is 703. The Morgan fingerprint density at radius 3 is 2.67 bits per heavy atom. The van der Waals surface area contributed by atoms with Gasteiger partial charge in [-0.15, -0.1) is 0 Å². The van der Waals surface area contributed by atoms with E-state index < -0.39 is 0 Å². The zero-order valence-corrected chi connectivity index (χ0v) is 11.9. The van der Waals surface area contributed by atoms with Crippen LogP contribution in [0.5, 0.6) is 11.6 Å². The molecule has 1 aromatic carbocycles. The highest BCUT2D eigenvalue weighted by molar-refractivity contribution is 5.64. The molecule has 3 rings (SSSR count). The van der Waals surface area contributed by atoms with Gasteiger partial charge in [-0.05, 0) is 30.9 Å². The van der Waals surface area contributed by atoms with E-state index in [1.165, 1.54) is 0 Å². The second-order valence-electron chi connectivity index (χ2n) is 5.33. The van der Waals surface area contributed by atoms with E-state index in [4.69, 9.17) is 4.74 Å². The molecule has 5 nitrogen and oxygen atoms in total. The van der Waals surface area contributed by atoms with Crippen LogP contribution in [-0.4, -0.2) is 22.2 Å². The number of para-hydroxylation sites is 1. The molecular weight excluding hydrogens is 268 g/mol. The number of methoxy groups -OCH3 is 1. The van der Waals surface area contributed by atoms with Crippen LogP contribution < -0.4 is 10.3 Å². The van der Waals surface area contributed by atoms with Crippen LogP contribution in [-0.2, 0) is 0 Å². The first-order valence-corrected chi connectivity index (χ1v) is 7.17. The Hall–Kier alpha value is -2.30. The highest BCUT2D eigenvalue weighted by Crippen LogP contribution is 2.36. The highest BCUT2D eigenvalue weighted by atomic mass is 16.5. The molecule has 1 saturated carbocycles. The van der Waals surface area contributed by atoms with Crippen molar-refractivity contribution in [3.05, 3.63) is 40.2 Å². The molecule has 1 fully saturated rings. The maximum atomic E-state index is 12.3. The Morgan fingerprint density at radius 1 is 1.29 bits per heavy atom. The van der Waals surface area contributed by atoms with Crippen LogP contribution in [0.4, 0.5) is 0 Å². The highest BCUT2D eigenvalue weighted by Gasteiger charge is 2.25. The molecule has 0 unspecified atom stereocenters. The maximum Gasteiger partial charge on any atom is 0.258 e. The van der Waals surface area contributed by atoms with Gasteiger partial charge in [-0.1, -0.05) is 25.0 Å². The molecule has 1 aliphatic carbocycles. The summed E-state index contributed by atoms with van der Waals surface area (Å²) in [5.74, 6) is 0.893. The first-order chi connectivity index (χ1) is 10.2. The number of aromatic amines is 1. The molecule has 21 heavy (non-hydrogen) atoms. The van der Waals surface area contributed by atoms with Crippen LogP contribution in [0, 0.1) is 0 Å². The fourth-order valence-corrected chi connectivity index (χ4v) is 3.02. The average molecular weight is 286 g/mol. The Morgan fingerprint density at radius 2 is 2.00 bits per heavy atom. The van der Waals surface area contributed by atoms with Gasteiger partial charge in [0.1, 0.15) is 11.6 Å². The van der Waals surface area contributed by atoms with Crippen molar-refractivity contribution in [2.24, 2.45) is 0 Å².